The van der Waals surface area contributed by atoms with Gasteiger partial charge in [-0.25, -0.2) is 0 Å². The van der Waals surface area contributed by atoms with Crippen LogP contribution in [0.5, 0.6) is 0 Å². The molecule has 0 bridgehead atoms. The molecule has 136 heavy (non-hydrogen) atoms. The molecular formula is C105H200ClFO29. The zero-order valence-electron chi connectivity index (χ0n) is 89.6. The molecule has 0 saturated heterocycles. The topological polar surface area (TPSA) is 542 Å². The lowest BCUT2D eigenvalue weighted by Crippen LogP contribution is -2.43. The van der Waals surface area contributed by atoms with Crippen LogP contribution in [0.1, 0.15) is 425 Å². The third kappa shape index (κ3) is 97.8. The lowest BCUT2D eigenvalue weighted by atomic mass is 9.78. The van der Waals surface area contributed by atoms with E-state index in [1.54, 1.807) is 34.6 Å². The van der Waals surface area contributed by atoms with Crippen LogP contribution in [-0.4, -0.2) is 262 Å². The van der Waals surface area contributed by atoms with Crippen molar-refractivity contribution in [3.05, 3.63) is 0 Å². The van der Waals surface area contributed by atoms with Crippen LogP contribution < -0.4 is 0 Å². The molecule has 808 valence electrons. The molecule has 0 aromatic rings. The van der Waals surface area contributed by atoms with Crippen LogP contribution in [0.4, 0.5) is 4.39 Å². The van der Waals surface area contributed by atoms with Crippen LogP contribution in [0.25, 0.3) is 0 Å². The van der Waals surface area contributed by atoms with E-state index >= 15 is 0 Å². The van der Waals surface area contributed by atoms with Crippen LogP contribution in [0.3, 0.4) is 0 Å². The van der Waals surface area contributed by atoms with Crippen molar-refractivity contribution in [3.8, 4) is 0 Å². The number of rotatable bonds is 23. The van der Waals surface area contributed by atoms with Crippen molar-refractivity contribution < 1.29 is 148 Å². The lowest BCUT2D eigenvalue weighted by Gasteiger charge is -2.33. The normalized spacial score (nSPS) is 18.4. The molecule has 5 unspecified atom stereocenters. The van der Waals surface area contributed by atoms with E-state index in [0.29, 0.717) is 149 Å². The zero-order chi connectivity index (χ0) is 109. The molecule has 15 N–H and O–H groups in total. The van der Waals surface area contributed by atoms with Crippen LogP contribution in [0.15, 0.2) is 0 Å². The average molecular weight is 1980 g/mol. The summed E-state index contributed by atoms with van der Waals surface area (Å²) in [7, 11) is 0. The quantitative estimate of drug-likeness (QED) is 0.0423. The summed E-state index contributed by atoms with van der Waals surface area (Å²) in [5, 5.41) is 129. The lowest BCUT2D eigenvalue weighted by molar-refractivity contribution is -0.143. The van der Waals surface area contributed by atoms with Gasteiger partial charge in [-0.15, -0.1) is 11.6 Å². The maximum Gasteiger partial charge on any atom is 0.161 e. The number of carbonyl (C=O) groups excluding carboxylic acids is 14. The first-order valence-electron chi connectivity index (χ1n) is 49.8. The molecule has 10 fully saturated rings. The SMILES string of the molecule is CC(=O)C(C)(C)O.CC(=O)C(C)O.CC(=O)C(O)C(C)C.CC(=O)C1(O)CC1.CC(=O)C1(O)CCC1.CC(=O)C1(O)CCCC1.CC(=O)C1(O)CCCCC1.CC(=O)C1(O)CCCCC1.CC(=O)C1CC1.CC(=O)C1CCC1.CC(=O)C1CCCC1.CC(=O)C1CCCCC1.CC(=O)CO.CC(=O)CO.CC(C)CO.CC(CO)CCl.CC(CO)CF.CC1CC1.CCC(C)CO.CCCO. The summed E-state index contributed by atoms with van der Waals surface area (Å²) in [6.45, 7) is 44.7. The van der Waals surface area contributed by atoms with Gasteiger partial charge in [0.25, 0.3) is 0 Å². The molecular weight excluding hydrogens is 1780 g/mol. The summed E-state index contributed by atoms with van der Waals surface area (Å²) >= 11 is 5.29. The van der Waals surface area contributed by atoms with Gasteiger partial charge in [0.2, 0.25) is 0 Å². The number of Topliss-reactive ketones (excluding diaryl/α,β-unsaturated/α-hetero) is 14. The third-order valence-corrected chi connectivity index (χ3v) is 24.0. The molecule has 10 rings (SSSR count). The number of carbonyl (C=O) groups is 14. The Kier molecular flexibility index (Phi) is 100. The second-order valence-electron chi connectivity index (χ2n) is 39.3. The number of aliphatic hydroxyl groups is 15. The van der Waals surface area contributed by atoms with E-state index in [9.17, 15) is 86.8 Å². The van der Waals surface area contributed by atoms with E-state index in [1.165, 1.54) is 141 Å². The molecule has 29 nitrogen and oxygen atoms in total. The molecule has 10 aliphatic carbocycles. The maximum atomic E-state index is 11.2. The van der Waals surface area contributed by atoms with E-state index in [4.69, 9.17) is 72.9 Å². The van der Waals surface area contributed by atoms with E-state index in [-0.39, 0.29) is 102 Å². The minimum atomic E-state index is -1.14. The molecule has 0 amide bonds. The molecule has 5 atom stereocenters. The number of aliphatic hydroxyl groups excluding tert-OH is 9. The highest BCUT2D eigenvalue weighted by Gasteiger charge is 2.45. The Morgan fingerprint density at radius 1 is 0.353 bits per heavy atom. The average Bonchev–Trinajstić information content (AvgIpc) is 1.71. The molecule has 0 spiro atoms. The molecule has 0 aromatic heterocycles. The highest BCUT2D eigenvalue weighted by molar-refractivity contribution is 6.18. The first kappa shape index (κ1) is 151. The van der Waals surface area contributed by atoms with Crippen LogP contribution in [0.2, 0.25) is 0 Å². The largest absolute Gasteiger partial charge is 0.396 e. The first-order valence-corrected chi connectivity index (χ1v) is 50.4. The highest BCUT2D eigenvalue weighted by Crippen LogP contribution is 2.36. The van der Waals surface area contributed by atoms with Gasteiger partial charge in [-0.3, -0.25) is 71.5 Å². The Morgan fingerprint density at radius 3 is 0.625 bits per heavy atom. The van der Waals surface area contributed by atoms with Gasteiger partial charge in [0.15, 0.2) is 57.8 Å². The zero-order valence-corrected chi connectivity index (χ0v) is 90.4. The summed E-state index contributed by atoms with van der Waals surface area (Å²) in [5.41, 5.74) is -5.81. The predicted octanol–water partition coefficient (Wildman–Crippen LogP) is 15.2. The monoisotopic (exact) mass is 1980 g/mol. The summed E-state index contributed by atoms with van der Waals surface area (Å²) in [4.78, 5) is 145. The minimum Gasteiger partial charge on any atom is -0.396 e. The molecule has 10 saturated carbocycles. The van der Waals surface area contributed by atoms with Crippen LogP contribution >= 0.6 is 11.6 Å². The standard InChI is InChI=1S/2C8H14O2.C8H14O.C7H12O2.C7H12O.C6H10O2.C6H12O2.C6H10O.C5H8O2.C5H10O2.C5H8O.C5H12O.C4H9ClO.C4H9FO.C4H8O2.C4H10O.C4H8.2C3H6O2.C3H8O/c2*1-7(9)8(10)5-3-2-4-6-8;1-7(9)8-5-3-2-4-6-8;1-6(8)7(9)4-2-3-5-7;1-6(8)7-4-2-3-5-7;1-5(7)6(8)3-2-4-6;1-4(2)6(8)5(3)7;1-5(7)6-3-2-4-6;1-4(6)5(7)2-3-5;1-4(6)5(2,3)7;1-4(6)5-2-3-5;1-3-5(2)4-6;2*1-4(2-5)3-6;1-3(5)4(2)6;1-4(2)3-5;1-4-2-3-4;2*1-3(5)2-4;1-2-3-4/h2*10H,2-6H2,1H3;8H,2-6H2,1H3;9H,2-5H2,1H3;7H,2-5H2,1H3;8H,2-4H2,1H3;4,6,8H,1-3H3;6H,2-4H2,1H3;7H,2-3H2,1H3;7H,1-3H3;5H,2-3H2,1H3;5-6H,3-4H2,1-2H3;2*4,6H,2-3H2,1H3;3,5H,1-2H3;4-5H,3H2,1-2H3;4H,2-3H2,1H3;2*4H,2H2,1H3;4H,2-3H2,1H3. The van der Waals surface area contributed by atoms with Gasteiger partial charge in [0.1, 0.15) is 82.2 Å². The summed E-state index contributed by atoms with van der Waals surface area (Å²) < 4.78 is 11.2. The van der Waals surface area contributed by atoms with Gasteiger partial charge < -0.3 is 76.6 Å². The van der Waals surface area contributed by atoms with Crippen molar-refractivity contribution in [2.45, 2.75) is 470 Å². The van der Waals surface area contributed by atoms with Gasteiger partial charge >= 0.3 is 0 Å². The molecule has 10 aliphatic rings. The van der Waals surface area contributed by atoms with Crippen molar-refractivity contribution in [1.82, 2.24) is 0 Å². The predicted molar refractivity (Wildman–Crippen MR) is 537 cm³/mol. The van der Waals surface area contributed by atoms with Crippen LogP contribution in [0, 0.1) is 59.2 Å². The van der Waals surface area contributed by atoms with Crippen LogP contribution in [-0.2, 0) is 67.1 Å². The second-order valence-corrected chi connectivity index (χ2v) is 39.6. The van der Waals surface area contributed by atoms with Crippen molar-refractivity contribution in [2.24, 2.45) is 59.2 Å². The fourth-order valence-electron chi connectivity index (χ4n) is 10.6. The Bertz CT molecular complexity index is 2960. The number of ketones is 14. The number of alkyl halides is 2. The van der Waals surface area contributed by atoms with Gasteiger partial charge in [-0.2, -0.15) is 0 Å². The Morgan fingerprint density at radius 2 is 0.566 bits per heavy atom. The molecule has 0 aliphatic heterocycles. The molecule has 0 heterocycles. The molecule has 0 radical (unpaired) electrons. The minimum absolute atomic E-state index is 0.0451. The molecule has 0 aromatic carbocycles. The van der Waals surface area contributed by atoms with Crippen molar-refractivity contribution in [3.63, 3.8) is 0 Å². The van der Waals surface area contributed by atoms with Gasteiger partial charge in [0.05, 0.1) is 6.67 Å². The third-order valence-electron chi connectivity index (χ3n) is 23.5. The van der Waals surface area contributed by atoms with E-state index in [0.717, 1.165) is 128 Å². The maximum absolute atomic E-state index is 11.2. The number of hydrogen-bond acceptors (Lipinski definition) is 29. The van der Waals surface area contributed by atoms with E-state index < -0.39 is 52.5 Å². The van der Waals surface area contributed by atoms with Crippen molar-refractivity contribution >= 4 is 92.6 Å². The summed E-state index contributed by atoms with van der Waals surface area (Å²) in [5.74, 6) is 4.70. The Hall–Kier alpha value is -5.00. The van der Waals surface area contributed by atoms with Gasteiger partial charge in [0, 0.05) is 68.5 Å². The fraction of sp³-hybridized carbons (Fsp3) is 0.867. The van der Waals surface area contributed by atoms with E-state index in [1.807, 2.05) is 48.5 Å². The summed E-state index contributed by atoms with van der Waals surface area (Å²) in [6, 6.07) is 0. The van der Waals surface area contributed by atoms with Crippen molar-refractivity contribution in [2.75, 3.05) is 58.8 Å². The van der Waals surface area contributed by atoms with E-state index in [2.05, 4.69) is 13.8 Å². The van der Waals surface area contributed by atoms with Gasteiger partial charge in [-0.05, 0) is 289 Å². The smallest absolute Gasteiger partial charge is 0.161 e. The number of halogens is 2. The Balaban J connectivity index is -0.000000154. The second kappa shape index (κ2) is 90.0. The molecule has 31 heteroatoms. The van der Waals surface area contributed by atoms with Crippen molar-refractivity contribution in [1.29, 1.82) is 0 Å². The fourth-order valence-corrected chi connectivity index (χ4v) is 10.7. The number of hydrogen-bond donors (Lipinski definition) is 15. The first-order chi connectivity index (χ1) is 62.7. The summed E-state index contributed by atoms with van der Waals surface area (Å²) in [6.07, 6.45) is 36.2. The highest BCUT2D eigenvalue weighted by atomic mass is 35.5. The van der Waals surface area contributed by atoms with Gasteiger partial charge in [-0.1, -0.05) is 166 Å². The Labute approximate surface area is 824 Å².